The number of rotatable bonds is 6. The van der Waals surface area contributed by atoms with Crippen molar-refractivity contribution in [3.63, 3.8) is 0 Å². The van der Waals surface area contributed by atoms with Crippen molar-refractivity contribution in [2.75, 3.05) is 10.6 Å². The van der Waals surface area contributed by atoms with Gasteiger partial charge in [0, 0.05) is 45.1 Å². The molecule has 2 N–H and O–H groups in total. The van der Waals surface area contributed by atoms with Crippen LogP contribution in [0.3, 0.4) is 0 Å². The summed E-state index contributed by atoms with van der Waals surface area (Å²) in [5.41, 5.74) is 5.46. The predicted molar refractivity (Wildman–Crippen MR) is 150 cm³/mol. The number of halogens is 2. The molecule has 0 aliphatic carbocycles. The summed E-state index contributed by atoms with van der Waals surface area (Å²) >= 11 is 9.74. The third-order valence-corrected chi connectivity index (χ3v) is 6.68. The molecule has 0 radical (unpaired) electrons. The Morgan fingerprint density at radius 1 is 0.973 bits per heavy atom. The normalized spacial score (nSPS) is 14.7. The minimum atomic E-state index is -0.629. The molecule has 3 aromatic carbocycles. The van der Waals surface area contributed by atoms with Gasteiger partial charge in [0.05, 0.1) is 17.8 Å². The highest BCUT2D eigenvalue weighted by Gasteiger charge is 2.26. The second kappa shape index (κ2) is 11.1. The molecule has 0 saturated carbocycles. The number of hydrogen-bond acceptors (Lipinski definition) is 4. The third kappa shape index (κ3) is 6.13. The van der Waals surface area contributed by atoms with Gasteiger partial charge in [-0.25, -0.2) is 0 Å². The fourth-order valence-electron chi connectivity index (χ4n) is 4.18. The molecule has 5 rings (SSSR count). The zero-order chi connectivity index (χ0) is 25.8. The highest BCUT2D eigenvalue weighted by molar-refractivity contribution is 9.10. The molecule has 2 amide bonds. The van der Waals surface area contributed by atoms with E-state index in [-0.39, 0.29) is 18.2 Å². The van der Waals surface area contributed by atoms with Crippen LogP contribution < -0.4 is 10.6 Å². The van der Waals surface area contributed by atoms with E-state index in [2.05, 4.69) is 31.5 Å². The number of benzene rings is 3. The molecule has 0 spiro atoms. The summed E-state index contributed by atoms with van der Waals surface area (Å²) in [7, 11) is 0. The zero-order valence-electron chi connectivity index (χ0n) is 19.6. The summed E-state index contributed by atoms with van der Waals surface area (Å²) < 4.78 is 0.944. The van der Waals surface area contributed by atoms with Crippen molar-refractivity contribution in [1.82, 2.24) is 4.98 Å². The molecular formula is C29H22BrClN4O2. The molecule has 6 nitrogen and oxygen atoms in total. The molecule has 0 saturated heterocycles. The van der Waals surface area contributed by atoms with Gasteiger partial charge in [-0.3, -0.25) is 19.6 Å². The van der Waals surface area contributed by atoms with Crippen LogP contribution in [-0.2, 0) is 22.4 Å². The van der Waals surface area contributed by atoms with E-state index in [1.807, 2.05) is 66.7 Å². The van der Waals surface area contributed by atoms with Gasteiger partial charge in [-0.15, -0.1) is 0 Å². The maximum Gasteiger partial charge on any atom is 0.249 e. The Labute approximate surface area is 227 Å². The first-order valence-electron chi connectivity index (χ1n) is 11.7. The third-order valence-electron chi connectivity index (χ3n) is 5.96. The van der Waals surface area contributed by atoms with E-state index < -0.39 is 6.04 Å². The monoisotopic (exact) mass is 572 g/mol. The van der Waals surface area contributed by atoms with Gasteiger partial charge in [0.2, 0.25) is 11.8 Å². The molecule has 1 aliphatic rings. The molecule has 1 unspecified atom stereocenters. The number of aromatic nitrogens is 1. The number of carbonyl (C=O) groups excluding carboxylic acids is 2. The molecular weight excluding hydrogens is 552 g/mol. The van der Waals surface area contributed by atoms with E-state index in [0.717, 1.165) is 26.7 Å². The molecule has 1 atom stereocenters. The van der Waals surface area contributed by atoms with Gasteiger partial charge in [0.15, 0.2) is 0 Å². The Morgan fingerprint density at radius 2 is 1.76 bits per heavy atom. The minimum absolute atomic E-state index is 0.116. The lowest BCUT2D eigenvalue weighted by Gasteiger charge is -2.12. The second-order valence-corrected chi connectivity index (χ2v) is 10.0. The van der Waals surface area contributed by atoms with E-state index in [0.29, 0.717) is 28.5 Å². The lowest BCUT2D eigenvalue weighted by molar-refractivity contribution is -0.117. The highest BCUT2D eigenvalue weighted by Crippen LogP contribution is 2.29. The smallest absolute Gasteiger partial charge is 0.249 e. The topological polar surface area (TPSA) is 83.5 Å². The molecule has 1 aromatic heterocycles. The fourth-order valence-corrected chi connectivity index (χ4v) is 4.80. The van der Waals surface area contributed by atoms with Crippen molar-refractivity contribution in [1.29, 1.82) is 0 Å². The Balaban J connectivity index is 1.43. The van der Waals surface area contributed by atoms with Crippen molar-refractivity contribution in [3.8, 4) is 0 Å². The van der Waals surface area contributed by atoms with Crippen LogP contribution in [0.5, 0.6) is 0 Å². The largest absolute Gasteiger partial charge is 0.326 e. The van der Waals surface area contributed by atoms with Crippen LogP contribution in [0.1, 0.15) is 22.3 Å². The lowest BCUT2D eigenvalue weighted by atomic mass is 10.00. The average molecular weight is 574 g/mol. The number of fused-ring (bicyclic) bond motifs is 1. The summed E-state index contributed by atoms with van der Waals surface area (Å²) in [6.07, 6.45) is 4.04. The number of aliphatic imine (C=N–C) groups is 1. The van der Waals surface area contributed by atoms with Gasteiger partial charge in [0.25, 0.3) is 0 Å². The molecule has 8 heteroatoms. The Morgan fingerprint density at radius 3 is 2.51 bits per heavy atom. The standard InChI is InChI=1S/C29H22BrClN4O2/c30-21-3-1-2-19(14-21)15-26-29(37)35-25-17-22(31)6-9-24(25)28(34-26)20-4-7-23(8-5-20)33-27(36)16-18-10-12-32-13-11-18/h1-14,17,26H,15-16H2,(H,33,36)(H,35,37). The maximum atomic E-state index is 13.2. The molecule has 0 bridgehead atoms. The van der Waals surface area contributed by atoms with Crippen molar-refractivity contribution >= 4 is 56.4 Å². The van der Waals surface area contributed by atoms with E-state index in [1.54, 1.807) is 24.5 Å². The van der Waals surface area contributed by atoms with Crippen LogP contribution in [0.15, 0.2) is 101 Å². The van der Waals surface area contributed by atoms with Crippen LogP contribution in [0, 0.1) is 0 Å². The van der Waals surface area contributed by atoms with E-state index in [9.17, 15) is 9.59 Å². The predicted octanol–water partition coefficient (Wildman–Crippen LogP) is 6.08. The number of pyridine rings is 1. The van der Waals surface area contributed by atoms with Crippen LogP contribution in [0.4, 0.5) is 11.4 Å². The summed E-state index contributed by atoms with van der Waals surface area (Å²) in [5, 5.41) is 6.45. The van der Waals surface area contributed by atoms with Crippen molar-refractivity contribution < 1.29 is 9.59 Å². The van der Waals surface area contributed by atoms with Gasteiger partial charge in [-0.05, 0) is 65.7 Å². The summed E-state index contributed by atoms with van der Waals surface area (Å²) in [6.45, 7) is 0. The molecule has 1 aliphatic heterocycles. The van der Waals surface area contributed by atoms with Crippen LogP contribution in [0.25, 0.3) is 0 Å². The second-order valence-electron chi connectivity index (χ2n) is 8.66. The quantitative estimate of drug-likeness (QED) is 0.293. The van der Waals surface area contributed by atoms with Crippen molar-refractivity contribution in [3.05, 3.63) is 123 Å². The van der Waals surface area contributed by atoms with Gasteiger partial charge in [-0.2, -0.15) is 0 Å². The number of anilines is 2. The molecule has 4 aromatic rings. The molecule has 2 heterocycles. The highest BCUT2D eigenvalue weighted by atomic mass is 79.9. The zero-order valence-corrected chi connectivity index (χ0v) is 22.0. The number of carbonyl (C=O) groups is 2. The van der Waals surface area contributed by atoms with Crippen molar-refractivity contribution in [2.45, 2.75) is 18.9 Å². The van der Waals surface area contributed by atoms with Gasteiger partial charge in [-0.1, -0.05) is 51.8 Å². The molecule has 37 heavy (non-hydrogen) atoms. The van der Waals surface area contributed by atoms with Crippen LogP contribution >= 0.6 is 27.5 Å². The molecule has 184 valence electrons. The van der Waals surface area contributed by atoms with E-state index in [4.69, 9.17) is 16.6 Å². The van der Waals surface area contributed by atoms with Gasteiger partial charge >= 0.3 is 0 Å². The first-order valence-corrected chi connectivity index (χ1v) is 12.8. The Kier molecular flexibility index (Phi) is 7.44. The van der Waals surface area contributed by atoms with E-state index in [1.165, 1.54) is 0 Å². The summed E-state index contributed by atoms with van der Waals surface area (Å²) in [4.78, 5) is 34.5. The fraction of sp³-hybridized carbons (Fsp3) is 0.103. The minimum Gasteiger partial charge on any atom is -0.326 e. The van der Waals surface area contributed by atoms with Crippen molar-refractivity contribution in [2.24, 2.45) is 4.99 Å². The van der Waals surface area contributed by atoms with Gasteiger partial charge in [0.1, 0.15) is 6.04 Å². The average Bonchev–Trinajstić information content (AvgIpc) is 3.01. The SMILES string of the molecule is O=C(Cc1ccncc1)Nc1ccc(C2=NC(Cc3cccc(Br)c3)C(=O)Nc3cc(Cl)ccc32)cc1. The lowest BCUT2D eigenvalue weighted by Crippen LogP contribution is -2.27. The van der Waals surface area contributed by atoms with Gasteiger partial charge < -0.3 is 10.6 Å². The number of hydrogen-bond donors (Lipinski definition) is 2. The number of nitrogens with one attached hydrogen (secondary N) is 2. The maximum absolute atomic E-state index is 13.2. The Hall–Kier alpha value is -3.81. The number of amides is 2. The van der Waals surface area contributed by atoms with E-state index >= 15 is 0 Å². The first kappa shape index (κ1) is 24.9. The number of benzodiazepines with no additional fused rings is 1. The molecule has 0 fully saturated rings. The van der Waals surface area contributed by atoms with Crippen LogP contribution in [0.2, 0.25) is 5.02 Å². The summed E-state index contributed by atoms with van der Waals surface area (Å²) in [6, 6.07) is 23.7. The number of nitrogens with zero attached hydrogens (tertiary/aromatic N) is 2. The first-order chi connectivity index (χ1) is 17.9. The summed E-state index contributed by atoms with van der Waals surface area (Å²) in [5.74, 6) is -0.312. The Bertz CT molecular complexity index is 1490. The van der Waals surface area contributed by atoms with Crippen LogP contribution in [-0.4, -0.2) is 28.6 Å².